The van der Waals surface area contributed by atoms with Crippen LogP contribution in [0.2, 0.25) is 0 Å². The minimum Gasteiger partial charge on any atom is -0.339 e. The Bertz CT molecular complexity index is 659. The molecule has 0 amide bonds. The van der Waals surface area contributed by atoms with Crippen molar-refractivity contribution in [2.45, 2.75) is 13.8 Å². The molecule has 0 radical (unpaired) electrons. The molecule has 0 bridgehead atoms. The van der Waals surface area contributed by atoms with Gasteiger partial charge in [0.2, 0.25) is 0 Å². The molecule has 0 unspecified atom stereocenters. The summed E-state index contributed by atoms with van der Waals surface area (Å²) < 4.78 is 14.6. The Labute approximate surface area is 126 Å². The fourth-order valence-electron chi connectivity index (χ4n) is 2.05. The van der Waals surface area contributed by atoms with Crippen LogP contribution in [-0.2, 0) is 0 Å². The predicted molar refractivity (Wildman–Crippen MR) is 82.7 cm³/mol. The molecule has 0 heterocycles. The van der Waals surface area contributed by atoms with Gasteiger partial charge in [0.15, 0.2) is 5.82 Å². The van der Waals surface area contributed by atoms with Crippen molar-refractivity contribution in [2.24, 2.45) is 0 Å². The van der Waals surface area contributed by atoms with Crippen LogP contribution in [0, 0.1) is 24.1 Å². The molecule has 2 rings (SSSR count). The van der Waals surface area contributed by atoms with Gasteiger partial charge in [-0.2, -0.15) is 5.26 Å². The van der Waals surface area contributed by atoms with Gasteiger partial charge in [-0.3, -0.25) is 0 Å². The smallest absolute Gasteiger partial charge is 0.162 e. The molecule has 0 fully saturated rings. The lowest BCUT2D eigenvalue weighted by molar-refractivity contribution is 0.618. The number of hydrogen-bond donors (Lipinski definition) is 0. The van der Waals surface area contributed by atoms with E-state index in [4.69, 9.17) is 5.26 Å². The van der Waals surface area contributed by atoms with E-state index < -0.39 is 5.82 Å². The van der Waals surface area contributed by atoms with Gasteiger partial charge in [-0.25, -0.2) is 4.39 Å². The minimum atomic E-state index is -0.411. The van der Waals surface area contributed by atoms with Crippen LogP contribution >= 0.6 is 15.9 Å². The van der Waals surface area contributed by atoms with Crippen molar-refractivity contribution >= 4 is 27.3 Å². The van der Waals surface area contributed by atoms with E-state index in [1.165, 1.54) is 0 Å². The summed E-state index contributed by atoms with van der Waals surface area (Å²) in [4.78, 5) is 1.88. The van der Waals surface area contributed by atoms with Gasteiger partial charge in [0.1, 0.15) is 6.07 Å². The van der Waals surface area contributed by atoms with Crippen LogP contribution in [0.25, 0.3) is 0 Å². The summed E-state index contributed by atoms with van der Waals surface area (Å²) in [6.07, 6.45) is 0. The number of hydrogen-bond acceptors (Lipinski definition) is 2. The fraction of sp³-hybridized carbons (Fsp3) is 0.188. The Hall–Kier alpha value is -1.86. The highest BCUT2D eigenvalue weighted by atomic mass is 79.9. The predicted octanol–water partition coefficient (Wildman–Crippen LogP) is 4.93. The molecule has 0 aliphatic rings. The third kappa shape index (κ3) is 2.68. The highest BCUT2D eigenvalue weighted by molar-refractivity contribution is 9.10. The average molecular weight is 333 g/mol. The van der Waals surface area contributed by atoms with Crippen molar-refractivity contribution in [3.63, 3.8) is 0 Å². The van der Waals surface area contributed by atoms with Gasteiger partial charge in [-0.05, 0) is 54.0 Å². The zero-order valence-corrected chi connectivity index (χ0v) is 12.9. The van der Waals surface area contributed by atoms with Crippen LogP contribution in [0.4, 0.5) is 15.8 Å². The summed E-state index contributed by atoms with van der Waals surface area (Å²) in [5.74, 6) is -0.411. The first-order valence-electron chi connectivity index (χ1n) is 6.30. The number of halogens is 2. The molecule has 0 saturated carbocycles. The van der Waals surface area contributed by atoms with E-state index in [1.54, 1.807) is 12.1 Å². The van der Waals surface area contributed by atoms with Gasteiger partial charge >= 0.3 is 0 Å². The lowest BCUT2D eigenvalue weighted by atomic mass is 10.1. The molecule has 4 heteroatoms. The van der Waals surface area contributed by atoms with Crippen LogP contribution < -0.4 is 4.90 Å². The van der Waals surface area contributed by atoms with E-state index in [2.05, 4.69) is 15.9 Å². The molecule has 0 aliphatic carbocycles. The third-order valence-electron chi connectivity index (χ3n) is 3.14. The SMILES string of the molecule is CCN(c1ccc(C)cc1)c1ccc(C#N)c(Br)c1F. The maximum absolute atomic E-state index is 14.4. The van der Waals surface area contributed by atoms with E-state index in [0.29, 0.717) is 17.8 Å². The molecule has 20 heavy (non-hydrogen) atoms. The topological polar surface area (TPSA) is 27.0 Å². The lowest BCUT2D eigenvalue weighted by Gasteiger charge is -2.24. The zero-order chi connectivity index (χ0) is 14.7. The molecule has 2 aromatic rings. The van der Waals surface area contributed by atoms with Gasteiger partial charge in [-0.15, -0.1) is 0 Å². The van der Waals surface area contributed by atoms with Crippen molar-refractivity contribution in [2.75, 3.05) is 11.4 Å². The number of benzene rings is 2. The first-order chi connectivity index (χ1) is 9.58. The van der Waals surface area contributed by atoms with Crippen LogP contribution in [-0.4, -0.2) is 6.54 Å². The Morgan fingerprint density at radius 2 is 1.85 bits per heavy atom. The molecular weight excluding hydrogens is 319 g/mol. The van der Waals surface area contributed by atoms with Gasteiger partial charge in [0.05, 0.1) is 15.7 Å². The molecule has 2 nitrogen and oxygen atoms in total. The Balaban J connectivity index is 2.50. The molecule has 0 spiro atoms. The molecule has 0 N–H and O–H groups in total. The Morgan fingerprint density at radius 1 is 1.20 bits per heavy atom. The van der Waals surface area contributed by atoms with E-state index in [-0.39, 0.29) is 4.47 Å². The van der Waals surface area contributed by atoms with E-state index in [9.17, 15) is 4.39 Å². The third-order valence-corrected chi connectivity index (χ3v) is 3.91. The van der Waals surface area contributed by atoms with Gasteiger partial charge in [-0.1, -0.05) is 17.7 Å². The fourth-order valence-corrected chi connectivity index (χ4v) is 2.47. The first kappa shape index (κ1) is 14.5. The maximum Gasteiger partial charge on any atom is 0.162 e. The standard InChI is InChI=1S/C16H14BrFN2/c1-3-20(13-7-4-11(2)5-8-13)14-9-6-12(10-19)15(17)16(14)18/h4-9H,3H2,1-2H3. The molecule has 2 aromatic carbocycles. The van der Waals surface area contributed by atoms with Gasteiger partial charge in [0, 0.05) is 12.2 Å². The van der Waals surface area contributed by atoms with Crippen molar-refractivity contribution in [1.29, 1.82) is 5.26 Å². The van der Waals surface area contributed by atoms with Crippen LogP contribution in [0.3, 0.4) is 0 Å². The Kier molecular flexibility index (Phi) is 4.41. The van der Waals surface area contributed by atoms with Gasteiger partial charge in [0.25, 0.3) is 0 Å². The summed E-state index contributed by atoms with van der Waals surface area (Å²) >= 11 is 3.15. The molecular formula is C16H14BrFN2. The molecule has 102 valence electrons. The summed E-state index contributed by atoms with van der Waals surface area (Å²) in [5.41, 5.74) is 2.84. The largest absolute Gasteiger partial charge is 0.339 e. The molecule has 0 saturated heterocycles. The second kappa shape index (κ2) is 6.06. The number of rotatable bonds is 3. The number of nitriles is 1. The first-order valence-corrected chi connectivity index (χ1v) is 7.10. The summed E-state index contributed by atoms with van der Waals surface area (Å²) in [6, 6.07) is 13.1. The molecule has 0 aliphatic heterocycles. The maximum atomic E-state index is 14.4. The van der Waals surface area contributed by atoms with E-state index in [1.807, 2.05) is 49.1 Å². The minimum absolute atomic E-state index is 0.211. The summed E-state index contributed by atoms with van der Waals surface area (Å²) in [7, 11) is 0. The Morgan fingerprint density at radius 3 is 2.40 bits per heavy atom. The van der Waals surface area contributed by atoms with Crippen molar-refractivity contribution in [3.8, 4) is 6.07 Å². The van der Waals surface area contributed by atoms with E-state index >= 15 is 0 Å². The number of nitrogens with zero attached hydrogens (tertiary/aromatic N) is 2. The zero-order valence-electron chi connectivity index (χ0n) is 11.3. The monoisotopic (exact) mass is 332 g/mol. The molecule has 0 atom stereocenters. The van der Waals surface area contributed by atoms with Crippen LogP contribution in [0.15, 0.2) is 40.9 Å². The van der Waals surface area contributed by atoms with Crippen LogP contribution in [0.1, 0.15) is 18.1 Å². The lowest BCUT2D eigenvalue weighted by Crippen LogP contribution is -2.17. The van der Waals surface area contributed by atoms with Crippen molar-refractivity contribution in [1.82, 2.24) is 0 Å². The second-order valence-corrected chi connectivity index (χ2v) is 5.24. The summed E-state index contributed by atoms with van der Waals surface area (Å²) in [5, 5.41) is 8.92. The van der Waals surface area contributed by atoms with Crippen LogP contribution in [0.5, 0.6) is 0 Å². The number of anilines is 2. The summed E-state index contributed by atoms with van der Waals surface area (Å²) in [6.45, 7) is 4.61. The molecule has 0 aromatic heterocycles. The second-order valence-electron chi connectivity index (χ2n) is 4.45. The quantitative estimate of drug-likeness (QED) is 0.797. The highest BCUT2D eigenvalue weighted by Crippen LogP contribution is 2.33. The van der Waals surface area contributed by atoms with Crippen molar-refractivity contribution < 1.29 is 4.39 Å². The van der Waals surface area contributed by atoms with E-state index in [0.717, 1.165) is 11.3 Å². The highest BCUT2D eigenvalue weighted by Gasteiger charge is 2.16. The normalized spacial score (nSPS) is 10.2. The van der Waals surface area contributed by atoms with Gasteiger partial charge < -0.3 is 4.90 Å². The number of aryl methyl sites for hydroxylation is 1. The van der Waals surface area contributed by atoms with Crippen molar-refractivity contribution in [3.05, 3.63) is 57.8 Å². The average Bonchev–Trinajstić information content (AvgIpc) is 2.46.